The van der Waals surface area contributed by atoms with Crippen molar-refractivity contribution in [1.29, 1.82) is 0 Å². The van der Waals surface area contributed by atoms with Crippen LogP contribution in [0.15, 0.2) is 24.3 Å². The van der Waals surface area contributed by atoms with E-state index in [0.717, 1.165) is 21.7 Å². The Morgan fingerprint density at radius 1 is 1.20 bits per heavy atom. The summed E-state index contributed by atoms with van der Waals surface area (Å²) in [6.45, 7) is 4.06. The molecule has 0 aliphatic carbocycles. The van der Waals surface area contributed by atoms with Crippen molar-refractivity contribution in [2.75, 3.05) is 0 Å². The Morgan fingerprint density at radius 2 is 1.87 bits per heavy atom. The third-order valence-electron chi connectivity index (χ3n) is 2.46. The molecule has 2 nitrogen and oxygen atoms in total. The largest absolute Gasteiger partial charge is 0.392 e. The summed E-state index contributed by atoms with van der Waals surface area (Å²) < 4.78 is 4.27. The molecule has 0 bridgehead atoms. The second-order valence-corrected chi connectivity index (χ2v) is 4.37. The van der Waals surface area contributed by atoms with Crippen molar-refractivity contribution in [3.63, 3.8) is 0 Å². The van der Waals surface area contributed by atoms with Crippen LogP contribution in [0.1, 0.15) is 16.8 Å². The number of hydrogen-bond acceptors (Lipinski definition) is 3. The van der Waals surface area contributed by atoms with Crippen LogP contribution >= 0.6 is 11.5 Å². The SMILES string of the molecule is Cc1ccc(-c2snc(C)c2CO)cc1. The Kier molecular flexibility index (Phi) is 2.84. The molecule has 0 spiro atoms. The van der Waals surface area contributed by atoms with E-state index in [4.69, 9.17) is 0 Å². The van der Waals surface area contributed by atoms with E-state index in [1.807, 2.05) is 6.92 Å². The van der Waals surface area contributed by atoms with Crippen LogP contribution in [0.5, 0.6) is 0 Å². The van der Waals surface area contributed by atoms with Gasteiger partial charge in [0.15, 0.2) is 0 Å². The molecule has 2 aromatic rings. The maximum Gasteiger partial charge on any atom is 0.0714 e. The van der Waals surface area contributed by atoms with E-state index in [9.17, 15) is 5.11 Å². The smallest absolute Gasteiger partial charge is 0.0714 e. The monoisotopic (exact) mass is 219 g/mol. The number of hydrogen-bond donors (Lipinski definition) is 1. The molecule has 0 radical (unpaired) electrons. The molecule has 0 unspecified atom stereocenters. The van der Waals surface area contributed by atoms with Crippen LogP contribution in [0.3, 0.4) is 0 Å². The van der Waals surface area contributed by atoms with Gasteiger partial charge >= 0.3 is 0 Å². The van der Waals surface area contributed by atoms with Gasteiger partial charge in [0.05, 0.1) is 17.2 Å². The molecule has 78 valence electrons. The Bertz CT molecular complexity index is 459. The molecule has 1 aromatic carbocycles. The molecular weight excluding hydrogens is 206 g/mol. The third-order valence-corrected chi connectivity index (χ3v) is 3.49. The molecule has 0 aliphatic heterocycles. The first-order valence-corrected chi connectivity index (χ1v) is 5.62. The average molecular weight is 219 g/mol. The topological polar surface area (TPSA) is 33.1 Å². The van der Waals surface area contributed by atoms with Crippen molar-refractivity contribution in [3.05, 3.63) is 41.1 Å². The van der Waals surface area contributed by atoms with Gasteiger partial charge in [0.1, 0.15) is 0 Å². The number of aliphatic hydroxyl groups is 1. The minimum Gasteiger partial charge on any atom is -0.392 e. The second kappa shape index (κ2) is 4.13. The highest BCUT2D eigenvalue weighted by molar-refractivity contribution is 7.09. The minimum absolute atomic E-state index is 0.0611. The van der Waals surface area contributed by atoms with Crippen LogP contribution in [0.2, 0.25) is 0 Å². The van der Waals surface area contributed by atoms with Gasteiger partial charge in [-0.2, -0.15) is 4.37 Å². The van der Waals surface area contributed by atoms with E-state index in [-0.39, 0.29) is 6.61 Å². The second-order valence-electron chi connectivity index (χ2n) is 3.60. The lowest BCUT2D eigenvalue weighted by atomic mass is 10.1. The molecule has 2 rings (SSSR count). The van der Waals surface area contributed by atoms with E-state index < -0.39 is 0 Å². The molecule has 1 N–H and O–H groups in total. The average Bonchev–Trinajstić information content (AvgIpc) is 2.61. The quantitative estimate of drug-likeness (QED) is 0.842. The van der Waals surface area contributed by atoms with E-state index in [1.54, 1.807) is 0 Å². The van der Waals surface area contributed by atoms with E-state index in [1.165, 1.54) is 17.1 Å². The number of aliphatic hydroxyl groups excluding tert-OH is 1. The van der Waals surface area contributed by atoms with Crippen LogP contribution in [-0.2, 0) is 6.61 Å². The molecule has 15 heavy (non-hydrogen) atoms. The Hall–Kier alpha value is -1.19. The van der Waals surface area contributed by atoms with Crippen LogP contribution in [0.4, 0.5) is 0 Å². The van der Waals surface area contributed by atoms with Crippen molar-refractivity contribution in [3.8, 4) is 10.4 Å². The Balaban J connectivity index is 2.49. The Labute approximate surface area is 93.4 Å². The maximum absolute atomic E-state index is 9.27. The Morgan fingerprint density at radius 3 is 2.47 bits per heavy atom. The molecule has 0 fully saturated rings. The van der Waals surface area contributed by atoms with Crippen LogP contribution in [0.25, 0.3) is 10.4 Å². The summed E-state index contributed by atoms with van der Waals surface area (Å²) in [5.74, 6) is 0. The molecule has 1 aromatic heterocycles. The highest BCUT2D eigenvalue weighted by Crippen LogP contribution is 2.30. The molecule has 0 saturated heterocycles. The summed E-state index contributed by atoms with van der Waals surface area (Å²) in [4.78, 5) is 1.08. The van der Waals surface area contributed by atoms with Crippen molar-refractivity contribution < 1.29 is 5.11 Å². The van der Waals surface area contributed by atoms with Gasteiger partial charge in [0, 0.05) is 5.56 Å². The molecule has 3 heteroatoms. The summed E-state index contributed by atoms with van der Waals surface area (Å²) >= 11 is 1.45. The van der Waals surface area contributed by atoms with Crippen molar-refractivity contribution in [1.82, 2.24) is 4.37 Å². The number of nitrogens with zero attached hydrogens (tertiary/aromatic N) is 1. The van der Waals surface area contributed by atoms with Gasteiger partial charge in [-0.25, -0.2) is 0 Å². The minimum atomic E-state index is 0.0611. The zero-order valence-corrected chi connectivity index (χ0v) is 9.64. The van der Waals surface area contributed by atoms with Gasteiger partial charge in [-0.1, -0.05) is 29.8 Å². The zero-order valence-electron chi connectivity index (χ0n) is 8.82. The molecule has 0 aliphatic rings. The predicted molar refractivity (Wildman–Crippen MR) is 62.9 cm³/mol. The zero-order chi connectivity index (χ0) is 10.8. The van der Waals surface area contributed by atoms with Crippen molar-refractivity contribution in [2.45, 2.75) is 20.5 Å². The number of aryl methyl sites for hydroxylation is 2. The highest BCUT2D eigenvalue weighted by atomic mass is 32.1. The predicted octanol–water partition coefficient (Wildman–Crippen LogP) is 2.92. The standard InChI is InChI=1S/C12H13NOS/c1-8-3-5-10(6-4-8)12-11(7-14)9(2)13-15-12/h3-6,14H,7H2,1-2H3. The lowest BCUT2D eigenvalue weighted by Crippen LogP contribution is -1.87. The summed E-state index contributed by atoms with van der Waals surface area (Å²) in [5, 5.41) is 9.27. The molecule has 1 heterocycles. The summed E-state index contributed by atoms with van der Waals surface area (Å²) in [5.41, 5.74) is 4.25. The molecule has 0 amide bonds. The molecule has 0 atom stereocenters. The normalized spacial score (nSPS) is 10.6. The first kappa shape index (κ1) is 10.3. The van der Waals surface area contributed by atoms with Crippen molar-refractivity contribution in [2.24, 2.45) is 0 Å². The van der Waals surface area contributed by atoms with Crippen LogP contribution in [-0.4, -0.2) is 9.48 Å². The van der Waals surface area contributed by atoms with Crippen LogP contribution in [0, 0.1) is 13.8 Å². The van der Waals surface area contributed by atoms with E-state index >= 15 is 0 Å². The van der Waals surface area contributed by atoms with Gasteiger partial charge in [0.25, 0.3) is 0 Å². The van der Waals surface area contributed by atoms with Gasteiger partial charge in [0.2, 0.25) is 0 Å². The fourth-order valence-corrected chi connectivity index (χ4v) is 2.41. The van der Waals surface area contributed by atoms with Gasteiger partial charge < -0.3 is 5.11 Å². The molecular formula is C12H13NOS. The van der Waals surface area contributed by atoms with E-state index in [2.05, 4.69) is 35.6 Å². The van der Waals surface area contributed by atoms with Crippen LogP contribution < -0.4 is 0 Å². The lowest BCUT2D eigenvalue weighted by Gasteiger charge is -2.01. The van der Waals surface area contributed by atoms with Gasteiger partial charge in [-0.05, 0) is 30.9 Å². The fraction of sp³-hybridized carbons (Fsp3) is 0.250. The van der Waals surface area contributed by atoms with Gasteiger partial charge in [-0.3, -0.25) is 0 Å². The number of rotatable bonds is 2. The summed E-state index contributed by atoms with van der Waals surface area (Å²) in [6.07, 6.45) is 0. The first-order valence-electron chi connectivity index (χ1n) is 4.85. The molecule has 0 saturated carbocycles. The van der Waals surface area contributed by atoms with E-state index in [0.29, 0.717) is 0 Å². The van der Waals surface area contributed by atoms with Gasteiger partial charge in [-0.15, -0.1) is 0 Å². The number of benzene rings is 1. The highest BCUT2D eigenvalue weighted by Gasteiger charge is 2.10. The first-order chi connectivity index (χ1) is 7.22. The van der Waals surface area contributed by atoms with Crippen molar-refractivity contribution >= 4 is 11.5 Å². The summed E-state index contributed by atoms with van der Waals surface area (Å²) in [7, 11) is 0. The lowest BCUT2D eigenvalue weighted by molar-refractivity contribution is 0.282. The fourth-order valence-electron chi connectivity index (χ4n) is 1.51. The third kappa shape index (κ3) is 1.94. The number of aromatic nitrogens is 1. The maximum atomic E-state index is 9.27. The summed E-state index contributed by atoms with van der Waals surface area (Å²) in [6, 6.07) is 8.29.